The van der Waals surface area contributed by atoms with Crippen LogP contribution in [0.4, 0.5) is 30.4 Å². The number of halogens is 3. The van der Waals surface area contributed by atoms with E-state index in [2.05, 4.69) is 21.7 Å². The van der Waals surface area contributed by atoms with Crippen LogP contribution >= 0.6 is 0 Å². The van der Waals surface area contributed by atoms with Gasteiger partial charge in [-0.05, 0) is 61.0 Å². The molecular formula is C24H18F3N5O. The molecule has 0 spiro atoms. The van der Waals surface area contributed by atoms with Crippen LogP contribution < -0.4 is 10.6 Å². The third kappa shape index (κ3) is 4.80. The Morgan fingerprint density at radius 3 is 2.45 bits per heavy atom. The zero-order chi connectivity index (χ0) is 23.6. The van der Waals surface area contributed by atoms with Crippen molar-refractivity contribution in [1.82, 2.24) is 9.38 Å². The minimum Gasteiger partial charge on any atom is -0.341 e. The highest BCUT2D eigenvalue weighted by Gasteiger charge is 2.34. The number of pyridine rings is 1. The minimum atomic E-state index is -4.53. The molecule has 0 bridgehead atoms. The van der Waals surface area contributed by atoms with Crippen LogP contribution in [0.25, 0.3) is 5.65 Å². The number of nitrogens with zero attached hydrogens (tertiary/aromatic N) is 3. The van der Waals surface area contributed by atoms with Gasteiger partial charge in [-0.25, -0.2) is 4.98 Å². The third-order valence-electron chi connectivity index (χ3n) is 5.04. The minimum absolute atomic E-state index is 0.171. The monoisotopic (exact) mass is 449 g/mol. The molecule has 0 saturated carbocycles. The second kappa shape index (κ2) is 8.67. The molecular weight excluding hydrogens is 431 g/mol. The van der Waals surface area contributed by atoms with Crippen molar-refractivity contribution < 1.29 is 18.0 Å². The summed E-state index contributed by atoms with van der Waals surface area (Å²) in [5.74, 6) is -0.225. The molecule has 9 heteroatoms. The van der Waals surface area contributed by atoms with E-state index >= 15 is 0 Å². The smallest absolute Gasteiger partial charge is 0.341 e. The molecule has 2 aromatic heterocycles. The number of amides is 1. The van der Waals surface area contributed by atoms with Gasteiger partial charge in [-0.15, -0.1) is 0 Å². The van der Waals surface area contributed by atoms with Gasteiger partial charge in [0.15, 0.2) is 5.69 Å². The molecule has 6 nitrogen and oxygen atoms in total. The Hall–Kier alpha value is -4.32. The lowest BCUT2D eigenvalue weighted by atomic mass is 10.0. The Bertz CT molecular complexity index is 1350. The van der Waals surface area contributed by atoms with E-state index in [1.165, 1.54) is 10.5 Å². The van der Waals surface area contributed by atoms with Gasteiger partial charge in [0.05, 0.1) is 12.0 Å². The fraction of sp³-hybridized carbons (Fsp3) is 0.125. The molecule has 0 aliphatic heterocycles. The summed E-state index contributed by atoms with van der Waals surface area (Å²) in [6.45, 7) is 1.76. The summed E-state index contributed by atoms with van der Waals surface area (Å²) in [6.07, 6.45) is -3.59. The number of hydrogen-bond donors (Lipinski definition) is 2. The van der Waals surface area contributed by atoms with E-state index in [0.717, 1.165) is 11.8 Å². The number of imidazole rings is 1. The number of fused-ring (bicyclic) bond motifs is 1. The second-order valence-corrected chi connectivity index (χ2v) is 7.40. The molecule has 2 heterocycles. The van der Waals surface area contributed by atoms with E-state index in [1.807, 2.05) is 0 Å². The lowest BCUT2D eigenvalue weighted by Crippen LogP contribution is -2.12. The van der Waals surface area contributed by atoms with Crippen molar-refractivity contribution in [3.8, 4) is 6.07 Å². The summed E-state index contributed by atoms with van der Waals surface area (Å²) in [5, 5.41) is 14.9. The Morgan fingerprint density at radius 2 is 1.76 bits per heavy atom. The molecule has 1 amide bonds. The first-order valence-electron chi connectivity index (χ1n) is 9.98. The van der Waals surface area contributed by atoms with Crippen LogP contribution in [0.2, 0.25) is 0 Å². The maximum Gasteiger partial charge on any atom is 0.434 e. The largest absolute Gasteiger partial charge is 0.434 e. The van der Waals surface area contributed by atoms with E-state index < -0.39 is 11.9 Å². The van der Waals surface area contributed by atoms with Gasteiger partial charge in [0, 0.05) is 23.1 Å². The molecule has 1 unspecified atom stereocenters. The molecule has 0 aliphatic rings. The van der Waals surface area contributed by atoms with E-state index in [-0.39, 0.29) is 17.5 Å². The molecule has 0 radical (unpaired) electrons. The first kappa shape index (κ1) is 21.9. The Morgan fingerprint density at radius 1 is 1.06 bits per heavy atom. The average Bonchev–Trinajstić information content (AvgIpc) is 3.26. The van der Waals surface area contributed by atoms with Gasteiger partial charge in [-0.1, -0.05) is 18.2 Å². The number of anilines is 3. The number of carbonyl (C=O) groups is 1. The topological polar surface area (TPSA) is 82.2 Å². The summed E-state index contributed by atoms with van der Waals surface area (Å²) >= 11 is 0. The molecule has 0 saturated heterocycles. The van der Waals surface area contributed by atoms with Gasteiger partial charge in [-0.2, -0.15) is 18.4 Å². The van der Waals surface area contributed by atoms with Crippen molar-refractivity contribution in [2.24, 2.45) is 0 Å². The van der Waals surface area contributed by atoms with E-state index in [0.29, 0.717) is 22.8 Å². The van der Waals surface area contributed by atoms with Crippen molar-refractivity contribution in [2.75, 3.05) is 10.6 Å². The van der Waals surface area contributed by atoms with Crippen molar-refractivity contribution in [1.29, 1.82) is 5.26 Å². The van der Waals surface area contributed by atoms with Gasteiger partial charge >= 0.3 is 6.18 Å². The average molecular weight is 449 g/mol. The van der Waals surface area contributed by atoms with Crippen LogP contribution in [0.5, 0.6) is 0 Å². The molecule has 2 aromatic carbocycles. The summed E-state index contributed by atoms with van der Waals surface area (Å²) in [6, 6.07) is 20.5. The first-order chi connectivity index (χ1) is 15.7. The van der Waals surface area contributed by atoms with E-state index in [4.69, 9.17) is 5.26 Å². The van der Waals surface area contributed by atoms with Gasteiger partial charge in [-0.3, -0.25) is 9.20 Å². The highest BCUT2D eigenvalue weighted by Crippen LogP contribution is 2.30. The lowest BCUT2D eigenvalue weighted by molar-refractivity contribution is -0.140. The number of aromatic nitrogens is 2. The predicted molar refractivity (Wildman–Crippen MR) is 118 cm³/mol. The van der Waals surface area contributed by atoms with Gasteiger partial charge in [0.25, 0.3) is 5.91 Å². The third-order valence-corrected chi connectivity index (χ3v) is 5.04. The molecule has 33 heavy (non-hydrogen) atoms. The van der Waals surface area contributed by atoms with Crippen LogP contribution in [-0.2, 0) is 6.18 Å². The number of carbonyl (C=O) groups excluding carboxylic acids is 1. The molecule has 4 aromatic rings. The number of hydrogen-bond acceptors (Lipinski definition) is 4. The molecule has 1 atom stereocenters. The summed E-state index contributed by atoms with van der Waals surface area (Å²) in [7, 11) is 0. The van der Waals surface area contributed by atoms with Crippen molar-refractivity contribution in [2.45, 2.75) is 19.0 Å². The summed E-state index contributed by atoms with van der Waals surface area (Å²) in [5.41, 5.74) is 1.56. The quantitative estimate of drug-likeness (QED) is 0.393. The van der Waals surface area contributed by atoms with Crippen LogP contribution in [0.3, 0.4) is 0 Å². The summed E-state index contributed by atoms with van der Waals surface area (Å²) < 4.78 is 40.3. The maximum atomic E-state index is 13.0. The molecule has 4 rings (SSSR count). The lowest BCUT2D eigenvalue weighted by Gasteiger charge is -2.11. The highest BCUT2D eigenvalue weighted by molar-refractivity contribution is 6.04. The normalized spacial score (nSPS) is 12.2. The molecule has 0 fully saturated rings. The highest BCUT2D eigenvalue weighted by atomic mass is 19.4. The zero-order valence-electron chi connectivity index (χ0n) is 17.4. The zero-order valence-corrected chi connectivity index (χ0v) is 17.4. The number of nitrogens with one attached hydrogen (secondary N) is 2. The Labute approximate surface area is 187 Å². The first-order valence-corrected chi connectivity index (χ1v) is 9.98. The van der Waals surface area contributed by atoms with Gasteiger partial charge in [0.2, 0.25) is 0 Å². The second-order valence-electron chi connectivity index (χ2n) is 7.40. The molecule has 2 N–H and O–H groups in total. The fourth-order valence-electron chi connectivity index (χ4n) is 3.26. The fourth-order valence-corrected chi connectivity index (χ4v) is 3.26. The van der Waals surface area contributed by atoms with Crippen molar-refractivity contribution in [3.63, 3.8) is 0 Å². The standard InChI is InChI=1S/C24H18F3N5O/c1-15(13-28)16-4-2-5-17(12-16)23(33)30-19-10-8-18(9-11-19)29-21-6-3-7-22-31-20(14-32(21)22)24(25,26)27/h2-12,14-15,29H,1H3,(H,30,33). The van der Waals surface area contributed by atoms with Crippen LogP contribution in [0.15, 0.2) is 72.9 Å². The van der Waals surface area contributed by atoms with Gasteiger partial charge in [0.1, 0.15) is 11.5 Å². The van der Waals surface area contributed by atoms with Crippen LogP contribution in [-0.4, -0.2) is 15.3 Å². The Balaban J connectivity index is 1.49. The summed E-state index contributed by atoms with van der Waals surface area (Å²) in [4.78, 5) is 16.2. The molecule has 0 aliphatic carbocycles. The van der Waals surface area contributed by atoms with Crippen LogP contribution in [0, 0.1) is 11.3 Å². The number of nitriles is 1. The Kier molecular flexibility index (Phi) is 5.75. The number of rotatable bonds is 5. The molecule has 166 valence electrons. The van der Waals surface area contributed by atoms with Crippen LogP contribution in [0.1, 0.15) is 34.5 Å². The SMILES string of the molecule is CC(C#N)c1cccc(C(=O)Nc2ccc(Nc3cccc4nc(C(F)(F)F)cn34)cc2)c1. The predicted octanol–water partition coefficient (Wildman–Crippen LogP) is 5.98. The van der Waals surface area contributed by atoms with E-state index in [1.54, 1.807) is 67.6 Å². The van der Waals surface area contributed by atoms with Crippen molar-refractivity contribution in [3.05, 3.63) is 89.7 Å². The van der Waals surface area contributed by atoms with Gasteiger partial charge < -0.3 is 10.6 Å². The number of benzene rings is 2. The van der Waals surface area contributed by atoms with E-state index in [9.17, 15) is 18.0 Å². The number of alkyl halides is 3. The van der Waals surface area contributed by atoms with Crippen molar-refractivity contribution >= 4 is 28.7 Å². The maximum absolute atomic E-state index is 13.0.